The Morgan fingerprint density at radius 3 is 2.53 bits per heavy atom. The van der Waals surface area contributed by atoms with Gasteiger partial charge in [0.05, 0.1) is 18.8 Å². The molecule has 3 nitrogen and oxygen atoms in total. The van der Waals surface area contributed by atoms with Crippen LogP contribution in [0.4, 0.5) is 0 Å². The summed E-state index contributed by atoms with van der Waals surface area (Å²) in [5.74, 6) is 0.799. The van der Waals surface area contributed by atoms with Gasteiger partial charge in [-0.3, -0.25) is 0 Å². The summed E-state index contributed by atoms with van der Waals surface area (Å²) in [5.41, 5.74) is 0.595. The molecule has 4 atom stereocenters. The minimum Gasteiger partial charge on any atom is -0.389 e. The lowest BCUT2D eigenvalue weighted by molar-refractivity contribution is -0.110. The second-order valence-electron chi connectivity index (χ2n) is 7.85. The van der Waals surface area contributed by atoms with Crippen molar-refractivity contribution in [1.29, 1.82) is 0 Å². The zero-order chi connectivity index (χ0) is 14.3. The molecule has 3 heteroatoms. The SMILES string of the molecule is CC(C)NC[C@@H](O)CO[C@H]1C(C)(C)[C@@H]2CC[C@]1(C)C2. The third-order valence-corrected chi connectivity index (χ3v) is 5.35. The smallest absolute Gasteiger partial charge is 0.0897 e. The van der Waals surface area contributed by atoms with Gasteiger partial charge in [0.25, 0.3) is 0 Å². The first kappa shape index (κ1) is 15.3. The van der Waals surface area contributed by atoms with Crippen molar-refractivity contribution >= 4 is 0 Å². The third-order valence-electron chi connectivity index (χ3n) is 5.35. The lowest BCUT2D eigenvalue weighted by atomic mass is 9.70. The molecule has 2 saturated carbocycles. The predicted octanol–water partition coefficient (Wildman–Crippen LogP) is 2.58. The average Bonchev–Trinajstić information content (AvgIpc) is 2.77. The van der Waals surface area contributed by atoms with Crippen LogP contribution < -0.4 is 5.32 Å². The number of nitrogens with one attached hydrogen (secondary N) is 1. The molecule has 112 valence electrons. The monoisotopic (exact) mass is 269 g/mol. The normalized spacial score (nSPS) is 38.1. The lowest BCUT2D eigenvalue weighted by Gasteiger charge is -2.42. The van der Waals surface area contributed by atoms with Gasteiger partial charge in [-0.2, -0.15) is 0 Å². The van der Waals surface area contributed by atoms with Crippen molar-refractivity contribution < 1.29 is 9.84 Å². The Morgan fingerprint density at radius 1 is 1.32 bits per heavy atom. The first-order chi connectivity index (χ1) is 8.75. The van der Waals surface area contributed by atoms with E-state index < -0.39 is 6.10 Å². The van der Waals surface area contributed by atoms with E-state index in [9.17, 15) is 5.11 Å². The van der Waals surface area contributed by atoms with Gasteiger partial charge in [0.1, 0.15) is 0 Å². The van der Waals surface area contributed by atoms with Gasteiger partial charge in [-0.15, -0.1) is 0 Å². The summed E-state index contributed by atoms with van der Waals surface area (Å²) < 4.78 is 6.16. The van der Waals surface area contributed by atoms with Crippen molar-refractivity contribution in [3.63, 3.8) is 0 Å². The van der Waals surface area contributed by atoms with E-state index in [0.29, 0.717) is 30.7 Å². The highest BCUT2D eigenvalue weighted by Gasteiger charge is 2.60. The fourth-order valence-corrected chi connectivity index (χ4v) is 4.31. The van der Waals surface area contributed by atoms with Crippen molar-refractivity contribution in [2.75, 3.05) is 13.2 Å². The summed E-state index contributed by atoms with van der Waals surface area (Å²) >= 11 is 0. The van der Waals surface area contributed by atoms with Crippen molar-refractivity contribution in [3.05, 3.63) is 0 Å². The molecule has 0 aliphatic heterocycles. The van der Waals surface area contributed by atoms with Crippen LogP contribution >= 0.6 is 0 Å². The topological polar surface area (TPSA) is 41.5 Å². The van der Waals surface area contributed by atoms with Crippen LogP contribution in [0.1, 0.15) is 53.9 Å². The molecule has 0 aromatic rings. The van der Waals surface area contributed by atoms with Gasteiger partial charge in [0.2, 0.25) is 0 Å². The number of hydrogen-bond donors (Lipinski definition) is 2. The lowest BCUT2D eigenvalue weighted by Crippen LogP contribution is -2.44. The fraction of sp³-hybridized carbons (Fsp3) is 1.00. The van der Waals surface area contributed by atoms with Crippen molar-refractivity contribution in [3.8, 4) is 0 Å². The van der Waals surface area contributed by atoms with E-state index in [1.807, 2.05) is 0 Å². The van der Waals surface area contributed by atoms with Crippen molar-refractivity contribution in [1.82, 2.24) is 5.32 Å². The molecule has 0 heterocycles. The summed E-state index contributed by atoms with van der Waals surface area (Å²) in [7, 11) is 0. The minimum atomic E-state index is -0.402. The molecule has 2 fully saturated rings. The number of aliphatic hydroxyl groups excluding tert-OH is 1. The first-order valence-corrected chi connectivity index (χ1v) is 7.79. The largest absolute Gasteiger partial charge is 0.389 e. The minimum absolute atomic E-state index is 0.262. The molecule has 2 aliphatic rings. The summed E-state index contributed by atoms with van der Waals surface area (Å²) in [4.78, 5) is 0. The van der Waals surface area contributed by atoms with Gasteiger partial charge < -0.3 is 15.2 Å². The first-order valence-electron chi connectivity index (χ1n) is 7.79. The molecule has 19 heavy (non-hydrogen) atoms. The molecule has 0 radical (unpaired) electrons. The molecule has 0 aromatic carbocycles. The standard InChI is InChI=1S/C16H31NO2/c1-11(2)17-9-13(18)10-19-14-15(3,4)12-6-7-16(14,5)8-12/h11-14,17-18H,6-10H2,1-5H3/t12-,13-,14+,16-/m1/s1. The molecule has 2 aliphatic carbocycles. The average molecular weight is 269 g/mol. The summed E-state index contributed by atoms with van der Waals surface area (Å²) in [6, 6.07) is 0.408. The van der Waals surface area contributed by atoms with Crippen LogP contribution in [0.25, 0.3) is 0 Å². The van der Waals surface area contributed by atoms with Crippen LogP contribution in [0.5, 0.6) is 0 Å². The van der Waals surface area contributed by atoms with Crippen molar-refractivity contribution in [2.24, 2.45) is 16.7 Å². The molecule has 0 aromatic heterocycles. The Labute approximate surface area is 118 Å². The van der Waals surface area contributed by atoms with E-state index in [1.54, 1.807) is 0 Å². The number of rotatable bonds is 6. The van der Waals surface area contributed by atoms with E-state index >= 15 is 0 Å². The maximum absolute atomic E-state index is 10.00. The second kappa shape index (κ2) is 5.34. The van der Waals surface area contributed by atoms with Gasteiger partial charge in [-0.1, -0.05) is 34.6 Å². The summed E-state index contributed by atoms with van der Waals surface area (Å²) in [5, 5.41) is 13.3. The molecular weight excluding hydrogens is 238 g/mol. The van der Waals surface area contributed by atoms with Crippen LogP contribution in [-0.4, -0.2) is 36.5 Å². The molecule has 2 N–H and O–H groups in total. The van der Waals surface area contributed by atoms with E-state index in [4.69, 9.17) is 4.74 Å². The van der Waals surface area contributed by atoms with Gasteiger partial charge in [0, 0.05) is 12.6 Å². The molecule has 2 rings (SSSR count). The molecule has 0 spiro atoms. The number of fused-ring (bicyclic) bond motifs is 2. The van der Waals surface area contributed by atoms with Crippen LogP contribution in [-0.2, 0) is 4.74 Å². The Hall–Kier alpha value is -0.120. The third kappa shape index (κ3) is 2.98. The van der Waals surface area contributed by atoms with Gasteiger partial charge in [0.15, 0.2) is 0 Å². The fourth-order valence-electron chi connectivity index (χ4n) is 4.31. The van der Waals surface area contributed by atoms with Gasteiger partial charge >= 0.3 is 0 Å². The second-order valence-corrected chi connectivity index (χ2v) is 7.85. The number of ether oxygens (including phenoxy) is 1. The Kier molecular flexibility index (Phi) is 4.29. The van der Waals surface area contributed by atoms with Crippen LogP contribution in [0, 0.1) is 16.7 Å². The summed E-state index contributed by atoms with van der Waals surface area (Å²) in [6.45, 7) is 12.3. The quantitative estimate of drug-likeness (QED) is 0.779. The maximum atomic E-state index is 10.00. The van der Waals surface area contributed by atoms with Crippen LogP contribution in [0.2, 0.25) is 0 Å². The highest BCUT2D eigenvalue weighted by Crippen LogP contribution is 2.63. The predicted molar refractivity (Wildman–Crippen MR) is 78.1 cm³/mol. The van der Waals surface area contributed by atoms with Crippen LogP contribution in [0.15, 0.2) is 0 Å². The van der Waals surface area contributed by atoms with E-state index in [-0.39, 0.29) is 5.41 Å². The zero-order valence-corrected chi connectivity index (χ0v) is 13.2. The Balaban J connectivity index is 1.85. The van der Waals surface area contributed by atoms with Crippen LogP contribution in [0.3, 0.4) is 0 Å². The molecule has 0 unspecified atom stereocenters. The van der Waals surface area contributed by atoms with E-state index in [0.717, 1.165) is 5.92 Å². The highest BCUT2D eigenvalue weighted by atomic mass is 16.5. The maximum Gasteiger partial charge on any atom is 0.0897 e. The number of aliphatic hydroxyl groups is 1. The van der Waals surface area contributed by atoms with E-state index in [1.165, 1.54) is 19.3 Å². The zero-order valence-electron chi connectivity index (χ0n) is 13.2. The van der Waals surface area contributed by atoms with E-state index in [2.05, 4.69) is 39.9 Å². The molecular formula is C16H31NO2. The molecule has 0 amide bonds. The Morgan fingerprint density at radius 2 is 2.00 bits per heavy atom. The Bertz CT molecular complexity index is 311. The van der Waals surface area contributed by atoms with Gasteiger partial charge in [-0.25, -0.2) is 0 Å². The van der Waals surface area contributed by atoms with Gasteiger partial charge in [-0.05, 0) is 36.0 Å². The highest BCUT2D eigenvalue weighted by molar-refractivity contribution is 5.09. The summed E-state index contributed by atoms with van der Waals surface area (Å²) in [6.07, 6.45) is 3.83. The molecule has 0 saturated heterocycles. The van der Waals surface area contributed by atoms with Crippen molar-refractivity contribution in [2.45, 2.75) is 72.1 Å². The molecule has 2 bridgehead atoms. The number of hydrogen-bond acceptors (Lipinski definition) is 3.